The number of carbonyl (C=O) groups excluding carboxylic acids is 1. The topological polar surface area (TPSA) is 23.6 Å². The van der Waals surface area contributed by atoms with Crippen LogP contribution in [0.3, 0.4) is 0 Å². The van der Waals surface area contributed by atoms with Gasteiger partial charge in [0.2, 0.25) is 5.91 Å². The largest absolute Gasteiger partial charge is 0.371 e. The van der Waals surface area contributed by atoms with Gasteiger partial charge in [0.15, 0.2) is 0 Å². The number of hydrogen-bond donors (Lipinski definition) is 0. The Morgan fingerprint density at radius 3 is 2.91 bits per heavy atom. The second-order valence-corrected chi connectivity index (χ2v) is 6.61. The summed E-state index contributed by atoms with van der Waals surface area (Å²) in [5.74, 6) is 0.356. The van der Waals surface area contributed by atoms with Crippen LogP contribution in [0.4, 0.5) is 5.69 Å². The zero-order valence-corrected chi connectivity index (χ0v) is 13.8. The summed E-state index contributed by atoms with van der Waals surface area (Å²) in [7, 11) is 0. The Labute approximate surface area is 134 Å². The van der Waals surface area contributed by atoms with Crippen molar-refractivity contribution in [3.8, 4) is 0 Å². The van der Waals surface area contributed by atoms with Gasteiger partial charge in [0.05, 0.1) is 0 Å². The van der Waals surface area contributed by atoms with Crippen LogP contribution in [0.2, 0.25) is 0 Å². The van der Waals surface area contributed by atoms with Gasteiger partial charge in [-0.05, 0) is 50.2 Å². The minimum absolute atomic E-state index is 0.356. The Hall–Kier alpha value is -1.51. The molecule has 0 saturated carbocycles. The van der Waals surface area contributed by atoms with Gasteiger partial charge in [0, 0.05) is 37.8 Å². The van der Waals surface area contributed by atoms with Crippen molar-refractivity contribution < 1.29 is 4.79 Å². The van der Waals surface area contributed by atoms with Crippen LogP contribution in [0.1, 0.15) is 51.0 Å². The molecule has 0 aromatic heterocycles. The van der Waals surface area contributed by atoms with Crippen LogP contribution < -0.4 is 4.90 Å². The van der Waals surface area contributed by atoms with Gasteiger partial charge in [-0.3, -0.25) is 4.79 Å². The molecule has 0 N–H and O–H groups in total. The summed E-state index contributed by atoms with van der Waals surface area (Å²) in [5, 5.41) is 0. The highest BCUT2D eigenvalue weighted by Crippen LogP contribution is 2.27. The molecule has 3 rings (SSSR count). The predicted molar refractivity (Wildman–Crippen MR) is 91.2 cm³/mol. The Balaban J connectivity index is 1.59. The summed E-state index contributed by atoms with van der Waals surface area (Å²) >= 11 is 0. The first kappa shape index (κ1) is 15.4. The minimum Gasteiger partial charge on any atom is -0.371 e. The van der Waals surface area contributed by atoms with Crippen molar-refractivity contribution in [3.63, 3.8) is 0 Å². The number of benzene rings is 1. The fourth-order valence-corrected chi connectivity index (χ4v) is 3.97. The third kappa shape index (κ3) is 3.29. The number of amides is 1. The summed E-state index contributed by atoms with van der Waals surface area (Å²) in [4.78, 5) is 17.2. The maximum absolute atomic E-state index is 12.6. The number of aryl methyl sites for hydroxylation is 1. The van der Waals surface area contributed by atoms with Crippen molar-refractivity contribution in [1.82, 2.24) is 4.90 Å². The number of fused-ring (bicyclic) bond motifs is 1. The van der Waals surface area contributed by atoms with E-state index in [4.69, 9.17) is 0 Å². The fourth-order valence-electron chi connectivity index (χ4n) is 3.97. The smallest absolute Gasteiger partial charge is 0.224 e. The third-order valence-electron chi connectivity index (χ3n) is 5.22. The number of para-hydroxylation sites is 1. The lowest BCUT2D eigenvalue weighted by Gasteiger charge is -2.36. The number of carbonyl (C=O) groups is 1. The molecule has 0 spiro atoms. The van der Waals surface area contributed by atoms with Crippen molar-refractivity contribution in [2.75, 3.05) is 24.5 Å². The molecule has 2 aliphatic heterocycles. The summed E-state index contributed by atoms with van der Waals surface area (Å²) in [5.41, 5.74) is 2.78. The second kappa shape index (κ2) is 7.17. The Morgan fingerprint density at radius 1 is 1.18 bits per heavy atom. The first-order valence-corrected chi connectivity index (χ1v) is 8.92. The molecule has 2 heterocycles. The van der Waals surface area contributed by atoms with E-state index in [1.165, 1.54) is 43.4 Å². The maximum Gasteiger partial charge on any atom is 0.224 e. The first-order chi connectivity index (χ1) is 10.8. The van der Waals surface area contributed by atoms with Gasteiger partial charge in [-0.2, -0.15) is 0 Å². The standard InChI is InChI=1S/C19H28N2O/c1-2-17-10-5-6-14-21(17)19(22)12-15-20-13-7-9-16-8-3-4-11-18(16)20/h3-4,8,11,17H,2,5-7,9-10,12-15H2,1H3. The zero-order valence-electron chi connectivity index (χ0n) is 13.8. The normalized spacial score (nSPS) is 21.6. The molecule has 1 saturated heterocycles. The molecule has 2 aliphatic rings. The molecular weight excluding hydrogens is 272 g/mol. The lowest BCUT2D eigenvalue weighted by atomic mass is 9.99. The van der Waals surface area contributed by atoms with Crippen molar-refractivity contribution in [2.24, 2.45) is 0 Å². The van der Waals surface area contributed by atoms with Gasteiger partial charge in [-0.1, -0.05) is 25.1 Å². The molecule has 0 aliphatic carbocycles. The van der Waals surface area contributed by atoms with E-state index in [-0.39, 0.29) is 0 Å². The van der Waals surface area contributed by atoms with Gasteiger partial charge in [-0.15, -0.1) is 0 Å². The Bertz CT molecular complexity index is 514. The quantitative estimate of drug-likeness (QED) is 0.848. The fraction of sp³-hybridized carbons (Fsp3) is 0.632. The van der Waals surface area contributed by atoms with E-state index in [2.05, 4.69) is 41.0 Å². The lowest BCUT2D eigenvalue weighted by Crippen LogP contribution is -2.44. The van der Waals surface area contributed by atoms with Crippen LogP contribution in [-0.2, 0) is 11.2 Å². The van der Waals surface area contributed by atoms with Crippen LogP contribution in [0, 0.1) is 0 Å². The predicted octanol–water partition coefficient (Wildman–Crippen LogP) is 3.62. The molecule has 1 atom stereocenters. The summed E-state index contributed by atoms with van der Waals surface area (Å²) in [6.07, 6.45) is 7.77. The molecule has 0 radical (unpaired) electrons. The number of likely N-dealkylation sites (tertiary alicyclic amines) is 1. The number of nitrogens with zero attached hydrogens (tertiary/aromatic N) is 2. The first-order valence-electron chi connectivity index (χ1n) is 8.92. The van der Waals surface area contributed by atoms with E-state index in [9.17, 15) is 4.79 Å². The average Bonchev–Trinajstić information content (AvgIpc) is 2.59. The van der Waals surface area contributed by atoms with E-state index < -0.39 is 0 Å². The molecule has 22 heavy (non-hydrogen) atoms. The SMILES string of the molecule is CCC1CCCCN1C(=O)CCN1CCCc2ccccc21. The zero-order chi connectivity index (χ0) is 15.4. The molecule has 3 nitrogen and oxygen atoms in total. The molecular formula is C19H28N2O. The number of piperidine rings is 1. The monoisotopic (exact) mass is 300 g/mol. The highest BCUT2D eigenvalue weighted by molar-refractivity contribution is 5.77. The molecule has 1 aromatic carbocycles. The van der Waals surface area contributed by atoms with Crippen molar-refractivity contribution in [2.45, 2.75) is 57.9 Å². The highest BCUT2D eigenvalue weighted by Gasteiger charge is 2.25. The number of hydrogen-bond acceptors (Lipinski definition) is 2. The molecule has 1 fully saturated rings. The number of rotatable bonds is 4. The maximum atomic E-state index is 12.6. The van der Waals surface area contributed by atoms with E-state index in [1.807, 2.05) is 0 Å². The second-order valence-electron chi connectivity index (χ2n) is 6.61. The van der Waals surface area contributed by atoms with Gasteiger partial charge in [0.1, 0.15) is 0 Å². The highest BCUT2D eigenvalue weighted by atomic mass is 16.2. The van der Waals surface area contributed by atoms with Crippen molar-refractivity contribution in [1.29, 1.82) is 0 Å². The van der Waals surface area contributed by atoms with Crippen LogP contribution in [0.15, 0.2) is 24.3 Å². The molecule has 1 aromatic rings. The van der Waals surface area contributed by atoms with E-state index in [0.717, 1.165) is 26.1 Å². The number of anilines is 1. The van der Waals surface area contributed by atoms with Gasteiger partial charge in [0.25, 0.3) is 0 Å². The van der Waals surface area contributed by atoms with Crippen LogP contribution in [0.5, 0.6) is 0 Å². The third-order valence-corrected chi connectivity index (χ3v) is 5.22. The van der Waals surface area contributed by atoms with Crippen LogP contribution in [-0.4, -0.2) is 36.5 Å². The van der Waals surface area contributed by atoms with Crippen molar-refractivity contribution >= 4 is 11.6 Å². The Kier molecular flexibility index (Phi) is 5.01. The molecule has 3 heteroatoms. The molecule has 1 unspecified atom stereocenters. The molecule has 1 amide bonds. The van der Waals surface area contributed by atoms with Crippen LogP contribution in [0.25, 0.3) is 0 Å². The Morgan fingerprint density at radius 2 is 2.05 bits per heavy atom. The van der Waals surface area contributed by atoms with E-state index in [0.29, 0.717) is 18.4 Å². The summed E-state index contributed by atoms with van der Waals surface area (Å²) in [6, 6.07) is 9.13. The van der Waals surface area contributed by atoms with Gasteiger partial charge in [-0.25, -0.2) is 0 Å². The summed E-state index contributed by atoms with van der Waals surface area (Å²) < 4.78 is 0. The minimum atomic E-state index is 0.356. The van der Waals surface area contributed by atoms with Gasteiger partial charge < -0.3 is 9.80 Å². The van der Waals surface area contributed by atoms with Gasteiger partial charge >= 0.3 is 0 Å². The van der Waals surface area contributed by atoms with Crippen LogP contribution >= 0.6 is 0 Å². The van der Waals surface area contributed by atoms with E-state index in [1.54, 1.807) is 0 Å². The van der Waals surface area contributed by atoms with Crippen molar-refractivity contribution in [3.05, 3.63) is 29.8 Å². The average molecular weight is 300 g/mol. The molecule has 0 bridgehead atoms. The summed E-state index contributed by atoms with van der Waals surface area (Å²) in [6.45, 7) is 5.12. The lowest BCUT2D eigenvalue weighted by molar-refractivity contribution is -0.134. The van der Waals surface area contributed by atoms with E-state index >= 15 is 0 Å². The molecule has 120 valence electrons.